The zero-order valence-electron chi connectivity index (χ0n) is 15.2. The predicted octanol–water partition coefficient (Wildman–Crippen LogP) is 2.22. The van der Waals surface area contributed by atoms with Gasteiger partial charge in [0.05, 0.1) is 16.5 Å². The number of thiophene rings is 1. The van der Waals surface area contributed by atoms with E-state index < -0.39 is 11.7 Å². The van der Waals surface area contributed by atoms with Gasteiger partial charge in [0.2, 0.25) is 11.8 Å². The molecule has 2 aromatic rings. The summed E-state index contributed by atoms with van der Waals surface area (Å²) in [6, 6.07) is 9.74. The van der Waals surface area contributed by atoms with E-state index in [1.807, 2.05) is 11.4 Å². The molecule has 0 saturated carbocycles. The summed E-state index contributed by atoms with van der Waals surface area (Å²) in [5.41, 5.74) is 0.217. The Kier molecular flexibility index (Phi) is 5.13. The molecule has 4 rings (SSSR count). The summed E-state index contributed by atoms with van der Waals surface area (Å²) in [5.74, 6) is -1.30. The smallest absolute Gasteiger partial charge is 0.264 e. The van der Waals surface area contributed by atoms with Gasteiger partial charge in [-0.1, -0.05) is 18.2 Å². The van der Waals surface area contributed by atoms with Gasteiger partial charge in [-0.25, -0.2) is 4.39 Å². The fourth-order valence-corrected chi connectivity index (χ4v) is 4.41. The Labute approximate surface area is 166 Å². The van der Waals surface area contributed by atoms with Crippen molar-refractivity contribution in [3.05, 3.63) is 52.5 Å². The lowest BCUT2D eigenvalue weighted by Gasteiger charge is -2.35. The van der Waals surface area contributed by atoms with Crippen molar-refractivity contribution < 1.29 is 18.8 Å². The van der Waals surface area contributed by atoms with E-state index in [0.717, 1.165) is 0 Å². The summed E-state index contributed by atoms with van der Waals surface area (Å²) in [4.78, 5) is 43.1. The Morgan fingerprint density at radius 1 is 1.00 bits per heavy atom. The average molecular weight is 401 g/mol. The van der Waals surface area contributed by atoms with Crippen LogP contribution in [0.2, 0.25) is 0 Å². The third-order valence-corrected chi connectivity index (χ3v) is 6.09. The van der Waals surface area contributed by atoms with Gasteiger partial charge in [-0.05, 0) is 23.6 Å². The molecule has 3 heterocycles. The maximum Gasteiger partial charge on any atom is 0.264 e. The fraction of sp³-hybridized carbons (Fsp3) is 0.350. The number of amides is 3. The van der Waals surface area contributed by atoms with Crippen molar-refractivity contribution in [2.75, 3.05) is 37.6 Å². The summed E-state index contributed by atoms with van der Waals surface area (Å²) in [6.07, 6.45) is 0.0848. The molecule has 2 saturated heterocycles. The summed E-state index contributed by atoms with van der Waals surface area (Å²) in [5, 5.41) is 1.87. The molecule has 8 heteroatoms. The van der Waals surface area contributed by atoms with Crippen molar-refractivity contribution in [1.82, 2.24) is 9.80 Å². The molecule has 0 bridgehead atoms. The Hall–Kier alpha value is -2.74. The molecule has 28 heavy (non-hydrogen) atoms. The Bertz CT molecular complexity index is 894. The van der Waals surface area contributed by atoms with Gasteiger partial charge in [0.1, 0.15) is 5.82 Å². The number of hydrogen-bond donors (Lipinski definition) is 0. The molecule has 1 aromatic carbocycles. The Morgan fingerprint density at radius 2 is 1.71 bits per heavy atom. The maximum absolute atomic E-state index is 14.0. The van der Waals surface area contributed by atoms with Crippen LogP contribution in [0, 0.1) is 11.7 Å². The molecule has 2 fully saturated rings. The van der Waals surface area contributed by atoms with Gasteiger partial charge in [0.25, 0.3) is 5.91 Å². The van der Waals surface area contributed by atoms with Crippen LogP contribution in [0.25, 0.3) is 0 Å². The van der Waals surface area contributed by atoms with E-state index in [9.17, 15) is 18.8 Å². The number of nitrogens with zero attached hydrogens (tertiary/aromatic N) is 3. The first-order valence-electron chi connectivity index (χ1n) is 9.21. The number of halogens is 1. The molecule has 2 aliphatic heterocycles. The topological polar surface area (TPSA) is 60.9 Å². The molecule has 0 aliphatic carbocycles. The van der Waals surface area contributed by atoms with Gasteiger partial charge >= 0.3 is 0 Å². The minimum absolute atomic E-state index is 0.0103. The van der Waals surface area contributed by atoms with Gasteiger partial charge < -0.3 is 14.7 Å². The number of piperazine rings is 1. The third kappa shape index (κ3) is 3.52. The molecule has 6 nitrogen and oxygen atoms in total. The molecule has 146 valence electrons. The Morgan fingerprint density at radius 3 is 2.39 bits per heavy atom. The normalized spacial score (nSPS) is 20.0. The highest BCUT2D eigenvalue weighted by Crippen LogP contribution is 2.28. The first-order chi connectivity index (χ1) is 13.5. The maximum atomic E-state index is 14.0. The molecule has 2 aliphatic rings. The molecule has 3 amide bonds. The van der Waals surface area contributed by atoms with Gasteiger partial charge in [-0.2, -0.15) is 0 Å². The lowest BCUT2D eigenvalue weighted by atomic mass is 10.1. The van der Waals surface area contributed by atoms with Crippen molar-refractivity contribution in [3.63, 3.8) is 0 Å². The van der Waals surface area contributed by atoms with Crippen LogP contribution in [-0.2, 0) is 9.59 Å². The second kappa shape index (κ2) is 7.71. The van der Waals surface area contributed by atoms with E-state index in [4.69, 9.17) is 0 Å². The lowest BCUT2D eigenvalue weighted by molar-refractivity contribution is -0.137. The summed E-state index contributed by atoms with van der Waals surface area (Å²) < 4.78 is 14.0. The number of rotatable bonds is 3. The molecule has 0 radical (unpaired) electrons. The van der Waals surface area contributed by atoms with Crippen LogP contribution in [0.5, 0.6) is 0 Å². The van der Waals surface area contributed by atoms with E-state index in [2.05, 4.69) is 0 Å². The van der Waals surface area contributed by atoms with Gasteiger partial charge in [0, 0.05) is 39.1 Å². The SMILES string of the molecule is O=C(c1cccs1)N1CCN(C(=O)[C@@H]2CC(=O)N(c3ccccc3F)C2)CC1. The number of para-hydroxylation sites is 1. The number of carbonyl (C=O) groups is 3. The van der Waals surface area contributed by atoms with E-state index in [0.29, 0.717) is 31.1 Å². The lowest BCUT2D eigenvalue weighted by Crippen LogP contribution is -2.52. The van der Waals surface area contributed by atoms with Crippen LogP contribution in [0.4, 0.5) is 10.1 Å². The van der Waals surface area contributed by atoms with Crippen molar-refractivity contribution in [3.8, 4) is 0 Å². The van der Waals surface area contributed by atoms with Crippen molar-refractivity contribution in [1.29, 1.82) is 0 Å². The number of anilines is 1. The molecule has 0 spiro atoms. The molecular weight excluding hydrogens is 381 g/mol. The predicted molar refractivity (Wildman–Crippen MR) is 104 cm³/mol. The van der Waals surface area contributed by atoms with Crippen LogP contribution >= 0.6 is 11.3 Å². The Balaban J connectivity index is 1.36. The third-order valence-electron chi connectivity index (χ3n) is 5.23. The van der Waals surface area contributed by atoms with E-state index in [1.165, 1.54) is 22.3 Å². The minimum atomic E-state index is -0.480. The molecule has 0 unspecified atom stereocenters. The molecular formula is C20H20FN3O3S. The van der Waals surface area contributed by atoms with Gasteiger partial charge in [0.15, 0.2) is 0 Å². The molecule has 0 N–H and O–H groups in total. The zero-order valence-corrected chi connectivity index (χ0v) is 16.0. The van der Waals surface area contributed by atoms with Gasteiger partial charge in [-0.3, -0.25) is 14.4 Å². The van der Waals surface area contributed by atoms with Crippen LogP contribution in [0.3, 0.4) is 0 Å². The molecule has 1 atom stereocenters. The van der Waals surface area contributed by atoms with Crippen molar-refractivity contribution >= 4 is 34.7 Å². The van der Waals surface area contributed by atoms with Crippen LogP contribution < -0.4 is 4.90 Å². The first kappa shape index (κ1) is 18.6. The molecule has 1 aromatic heterocycles. The summed E-state index contributed by atoms with van der Waals surface area (Å²) >= 11 is 1.41. The minimum Gasteiger partial charge on any atom is -0.339 e. The van der Waals surface area contributed by atoms with E-state index in [1.54, 1.807) is 34.1 Å². The van der Waals surface area contributed by atoms with Crippen LogP contribution in [0.15, 0.2) is 41.8 Å². The second-order valence-electron chi connectivity index (χ2n) is 6.95. The summed E-state index contributed by atoms with van der Waals surface area (Å²) in [6.45, 7) is 2.02. The number of carbonyl (C=O) groups excluding carboxylic acids is 3. The monoisotopic (exact) mass is 401 g/mol. The quantitative estimate of drug-likeness (QED) is 0.793. The van der Waals surface area contributed by atoms with E-state index in [-0.39, 0.29) is 36.4 Å². The zero-order chi connectivity index (χ0) is 19.7. The first-order valence-corrected chi connectivity index (χ1v) is 10.1. The van der Waals surface area contributed by atoms with Crippen LogP contribution in [0.1, 0.15) is 16.1 Å². The highest BCUT2D eigenvalue weighted by molar-refractivity contribution is 7.12. The number of hydrogen-bond acceptors (Lipinski definition) is 4. The van der Waals surface area contributed by atoms with E-state index >= 15 is 0 Å². The highest BCUT2D eigenvalue weighted by Gasteiger charge is 2.39. The number of benzene rings is 1. The fourth-order valence-electron chi connectivity index (χ4n) is 3.72. The van der Waals surface area contributed by atoms with Crippen LogP contribution in [-0.4, -0.2) is 60.2 Å². The largest absolute Gasteiger partial charge is 0.339 e. The van der Waals surface area contributed by atoms with Crippen molar-refractivity contribution in [2.24, 2.45) is 5.92 Å². The highest BCUT2D eigenvalue weighted by atomic mass is 32.1. The van der Waals surface area contributed by atoms with Crippen molar-refractivity contribution in [2.45, 2.75) is 6.42 Å². The second-order valence-corrected chi connectivity index (χ2v) is 7.90. The standard InChI is InChI=1S/C20H20FN3O3S/c21-15-4-1-2-5-16(15)24-13-14(12-18(24)25)19(26)22-7-9-23(10-8-22)20(27)17-6-3-11-28-17/h1-6,11,14H,7-10,12-13H2/t14-/m1/s1. The summed E-state index contributed by atoms with van der Waals surface area (Å²) in [7, 11) is 0. The van der Waals surface area contributed by atoms with Gasteiger partial charge in [-0.15, -0.1) is 11.3 Å². The average Bonchev–Trinajstić information content (AvgIpc) is 3.37.